The minimum atomic E-state index is 0.591. The van der Waals surface area contributed by atoms with Crippen LogP contribution in [0.1, 0.15) is 0 Å². The second-order valence-electron chi connectivity index (χ2n) is 3.88. The topological polar surface area (TPSA) is 80.5 Å². The third kappa shape index (κ3) is 1.93. The summed E-state index contributed by atoms with van der Waals surface area (Å²) in [5.41, 5.74) is 8.07. The number of aromatic nitrogens is 4. The molecule has 3 rings (SSSR count). The van der Waals surface area contributed by atoms with Crippen molar-refractivity contribution in [3.8, 4) is 22.8 Å². The van der Waals surface area contributed by atoms with E-state index in [0.717, 1.165) is 17.0 Å². The zero-order valence-electron chi connectivity index (χ0n) is 9.54. The van der Waals surface area contributed by atoms with Crippen molar-refractivity contribution in [2.75, 3.05) is 5.73 Å². The van der Waals surface area contributed by atoms with Gasteiger partial charge in [-0.15, -0.1) is 0 Å². The van der Waals surface area contributed by atoms with Crippen LogP contribution in [0.2, 0.25) is 0 Å². The summed E-state index contributed by atoms with van der Waals surface area (Å²) in [7, 11) is 0. The molecule has 0 atom stereocenters. The molecule has 2 aromatic heterocycles. The lowest BCUT2D eigenvalue weighted by Gasteiger charge is -1.95. The Morgan fingerprint density at radius 2 is 1.83 bits per heavy atom. The number of nitrogens with two attached hydrogens (primary N) is 1. The van der Waals surface area contributed by atoms with Gasteiger partial charge in [-0.05, 0) is 6.07 Å². The average molecular weight is 237 g/mol. The fraction of sp³-hybridized carbons (Fsp3) is 0. The summed E-state index contributed by atoms with van der Waals surface area (Å²) >= 11 is 0. The Labute approximate surface area is 104 Å². The SMILES string of the molecule is Nc1cncc(-c2n[nH]c(-c3ccccc3)n2)c1. The molecule has 2 heterocycles. The van der Waals surface area contributed by atoms with Crippen molar-refractivity contribution >= 4 is 5.69 Å². The molecule has 0 spiro atoms. The predicted octanol–water partition coefficient (Wildman–Crippen LogP) is 2.12. The Bertz CT molecular complexity index is 660. The van der Waals surface area contributed by atoms with Crippen molar-refractivity contribution in [2.24, 2.45) is 0 Å². The van der Waals surface area contributed by atoms with Gasteiger partial charge in [0.05, 0.1) is 5.69 Å². The molecule has 0 fully saturated rings. The van der Waals surface area contributed by atoms with E-state index in [0.29, 0.717) is 11.5 Å². The van der Waals surface area contributed by atoms with Crippen LogP contribution in [0.4, 0.5) is 5.69 Å². The summed E-state index contributed by atoms with van der Waals surface area (Å²) in [4.78, 5) is 8.45. The van der Waals surface area contributed by atoms with Gasteiger partial charge in [-0.2, -0.15) is 5.10 Å². The maximum absolute atomic E-state index is 5.69. The van der Waals surface area contributed by atoms with Crippen LogP contribution >= 0.6 is 0 Å². The van der Waals surface area contributed by atoms with Crippen molar-refractivity contribution in [3.63, 3.8) is 0 Å². The first-order valence-electron chi connectivity index (χ1n) is 5.51. The Hall–Kier alpha value is -2.69. The third-order valence-electron chi connectivity index (χ3n) is 2.55. The van der Waals surface area contributed by atoms with Gasteiger partial charge in [0.15, 0.2) is 11.6 Å². The standard InChI is InChI=1S/C13H11N5/c14-11-6-10(7-15-8-11)13-16-12(17-18-13)9-4-2-1-3-5-9/h1-8H,14H2,(H,16,17,18). The molecule has 3 N–H and O–H groups in total. The van der Waals surface area contributed by atoms with Crippen LogP contribution in [0, 0.1) is 0 Å². The fourth-order valence-corrected chi connectivity index (χ4v) is 1.70. The van der Waals surface area contributed by atoms with E-state index in [1.807, 2.05) is 30.3 Å². The number of H-pyrrole nitrogens is 1. The van der Waals surface area contributed by atoms with Crippen molar-refractivity contribution in [2.45, 2.75) is 0 Å². The lowest BCUT2D eigenvalue weighted by atomic mass is 10.2. The monoisotopic (exact) mass is 237 g/mol. The Morgan fingerprint density at radius 1 is 1.00 bits per heavy atom. The second-order valence-corrected chi connectivity index (χ2v) is 3.88. The molecular formula is C13H11N5. The first kappa shape index (κ1) is 10.5. The number of hydrogen-bond donors (Lipinski definition) is 2. The maximum atomic E-state index is 5.69. The predicted molar refractivity (Wildman–Crippen MR) is 69.5 cm³/mol. The van der Waals surface area contributed by atoms with E-state index in [2.05, 4.69) is 20.2 Å². The maximum Gasteiger partial charge on any atom is 0.183 e. The van der Waals surface area contributed by atoms with E-state index in [-0.39, 0.29) is 0 Å². The lowest BCUT2D eigenvalue weighted by molar-refractivity contribution is 1.10. The highest BCUT2D eigenvalue weighted by Crippen LogP contribution is 2.20. The van der Waals surface area contributed by atoms with Crippen molar-refractivity contribution < 1.29 is 0 Å². The van der Waals surface area contributed by atoms with Crippen molar-refractivity contribution in [3.05, 3.63) is 48.8 Å². The number of benzene rings is 1. The summed E-state index contributed by atoms with van der Waals surface area (Å²) < 4.78 is 0. The van der Waals surface area contributed by atoms with Crippen LogP contribution in [0.15, 0.2) is 48.8 Å². The molecule has 3 aromatic rings. The number of nitrogens with one attached hydrogen (secondary N) is 1. The Morgan fingerprint density at radius 3 is 2.61 bits per heavy atom. The minimum absolute atomic E-state index is 0.591. The molecule has 0 aliphatic rings. The minimum Gasteiger partial charge on any atom is -0.397 e. The number of pyridine rings is 1. The first-order chi connectivity index (χ1) is 8.83. The molecule has 0 bridgehead atoms. The highest BCUT2D eigenvalue weighted by atomic mass is 15.2. The normalized spacial score (nSPS) is 10.4. The number of rotatable bonds is 2. The number of aromatic amines is 1. The number of anilines is 1. The molecule has 0 amide bonds. The summed E-state index contributed by atoms with van der Waals surface area (Å²) in [5.74, 6) is 1.32. The van der Waals surface area contributed by atoms with Crippen LogP contribution in [-0.2, 0) is 0 Å². The molecule has 5 heteroatoms. The average Bonchev–Trinajstić information content (AvgIpc) is 2.89. The van der Waals surface area contributed by atoms with E-state index in [1.54, 1.807) is 18.5 Å². The molecule has 0 saturated heterocycles. The Kier molecular flexibility index (Phi) is 2.49. The molecule has 5 nitrogen and oxygen atoms in total. The van der Waals surface area contributed by atoms with Gasteiger partial charge in [-0.1, -0.05) is 30.3 Å². The van der Waals surface area contributed by atoms with Gasteiger partial charge in [0.25, 0.3) is 0 Å². The van der Waals surface area contributed by atoms with E-state index >= 15 is 0 Å². The van der Waals surface area contributed by atoms with Gasteiger partial charge >= 0.3 is 0 Å². The summed E-state index contributed by atoms with van der Waals surface area (Å²) in [5, 5.41) is 7.08. The molecule has 0 saturated carbocycles. The molecule has 0 radical (unpaired) electrons. The molecule has 0 aliphatic heterocycles. The van der Waals surface area contributed by atoms with E-state index < -0.39 is 0 Å². The molecule has 1 aromatic carbocycles. The Balaban J connectivity index is 2.00. The number of nitrogen functional groups attached to an aromatic ring is 1. The summed E-state index contributed by atoms with van der Waals surface area (Å²) in [6.07, 6.45) is 3.28. The fourth-order valence-electron chi connectivity index (χ4n) is 1.70. The van der Waals surface area contributed by atoms with Crippen LogP contribution in [0.25, 0.3) is 22.8 Å². The van der Waals surface area contributed by atoms with E-state index in [4.69, 9.17) is 5.73 Å². The van der Waals surface area contributed by atoms with Gasteiger partial charge < -0.3 is 5.73 Å². The van der Waals surface area contributed by atoms with Gasteiger partial charge in [-0.3, -0.25) is 10.1 Å². The summed E-state index contributed by atoms with van der Waals surface area (Å²) in [6, 6.07) is 11.6. The van der Waals surface area contributed by atoms with Crippen LogP contribution in [0.3, 0.4) is 0 Å². The van der Waals surface area contributed by atoms with Gasteiger partial charge in [0.2, 0.25) is 0 Å². The van der Waals surface area contributed by atoms with Crippen LogP contribution in [-0.4, -0.2) is 20.2 Å². The number of nitrogens with zero attached hydrogens (tertiary/aromatic N) is 3. The molecule has 18 heavy (non-hydrogen) atoms. The highest BCUT2D eigenvalue weighted by molar-refractivity contribution is 5.62. The molecule has 88 valence electrons. The zero-order valence-corrected chi connectivity index (χ0v) is 9.54. The highest BCUT2D eigenvalue weighted by Gasteiger charge is 2.07. The van der Waals surface area contributed by atoms with Crippen molar-refractivity contribution in [1.82, 2.24) is 20.2 Å². The van der Waals surface area contributed by atoms with Gasteiger partial charge in [-0.25, -0.2) is 4.98 Å². The smallest absolute Gasteiger partial charge is 0.183 e. The molecular weight excluding hydrogens is 226 g/mol. The molecule has 0 aliphatic carbocycles. The van der Waals surface area contributed by atoms with Gasteiger partial charge in [0, 0.05) is 23.5 Å². The summed E-state index contributed by atoms with van der Waals surface area (Å²) in [6.45, 7) is 0. The third-order valence-corrected chi connectivity index (χ3v) is 2.55. The van der Waals surface area contributed by atoms with Crippen LogP contribution in [0.5, 0.6) is 0 Å². The van der Waals surface area contributed by atoms with E-state index in [1.165, 1.54) is 0 Å². The first-order valence-corrected chi connectivity index (χ1v) is 5.51. The zero-order chi connectivity index (χ0) is 12.4. The number of hydrogen-bond acceptors (Lipinski definition) is 4. The van der Waals surface area contributed by atoms with Crippen molar-refractivity contribution in [1.29, 1.82) is 0 Å². The van der Waals surface area contributed by atoms with Crippen LogP contribution < -0.4 is 5.73 Å². The quantitative estimate of drug-likeness (QED) is 0.715. The second kappa shape index (κ2) is 4.29. The molecule has 0 unspecified atom stereocenters. The largest absolute Gasteiger partial charge is 0.397 e. The lowest BCUT2D eigenvalue weighted by Crippen LogP contribution is -1.88. The van der Waals surface area contributed by atoms with Gasteiger partial charge in [0.1, 0.15) is 0 Å². The van der Waals surface area contributed by atoms with E-state index in [9.17, 15) is 0 Å².